The molecule has 1 aromatic carbocycles. The smallest absolute Gasteiger partial charge is 0.336 e. The number of ketones is 1. The molecule has 3 heterocycles. The second-order valence-electron chi connectivity index (χ2n) is 6.62. The number of rotatable bonds is 2. The first-order valence-corrected chi connectivity index (χ1v) is 8.87. The van der Waals surface area contributed by atoms with Crippen molar-refractivity contribution in [2.24, 2.45) is 0 Å². The van der Waals surface area contributed by atoms with Crippen LogP contribution in [0.15, 0.2) is 33.5 Å². The summed E-state index contributed by atoms with van der Waals surface area (Å²) in [7, 11) is 0. The Kier molecular flexibility index (Phi) is 3.94. The van der Waals surface area contributed by atoms with E-state index in [0.29, 0.717) is 28.9 Å². The summed E-state index contributed by atoms with van der Waals surface area (Å²) in [6.45, 7) is 5.74. The van der Waals surface area contributed by atoms with Gasteiger partial charge in [-0.25, -0.2) is 4.79 Å². The van der Waals surface area contributed by atoms with Gasteiger partial charge in [-0.15, -0.1) is 0 Å². The Bertz CT molecular complexity index is 1030. The molecule has 5 heteroatoms. The Morgan fingerprint density at radius 2 is 2.04 bits per heavy atom. The number of hydrogen-bond donors (Lipinski definition) is 0. The summed E-state index contributed by atoms with van der Waals surface area (Å²) in [4.78, 5) is 24.8. The number of benzene rings is 1. The zero-order chi connectivity index (χ0) is 18.4. The van der Waals surface area contributed by atoms with Gasteiger partial charge in [0, 0.05) is 12.5 Å². The van der Waals surface area contributed by atoms with Gasteiger partial charge < -0.3 is 13.9 Å². The Labute approximate surface area is 150 Å². The van der Waals surface area contributed by atoms with Gasteiger partial charge in [-0.3, -0.25) is 4.79 Å². The highest BCUT2D eigenvalue weighted by Gasteiger charge is 2.34. The Hall–Kier alpha value is -2.82. The van der Waals surface area contributed by atoms with Crippen LogP contribution in [0, 0.1) is 0 Å². The Morgan fingerprint density at radius 3 is 2.77 bits per heavy atom. The third-order valence-corrected chi connectivity index (χ3v) is 4.75. The maximum absolute atomic E-state index is 12.8. The summed E-state index contributed by atoms with van der Waals surface area (Å²) < 4.78 is 17.7. The van der Waals surface area contributed by atoms with Crippen molar-refractivity contribution in [2.45, 2.75) is 45.8 Å². The Morgan fingerprint density at radius 1 is 1.23 bits per heavy atom. The van der Waals surface area contributed by atoms with Crippen molar-refractivity contribution in [1.29, 1.82) is 0 Å². The highest BCUT2D eigenvalue weighted by atomic mass is 16.5. The molecule has 134 valence electrons. The molecule has 1 aromatic heterocycles. The fourth-order valence-electron chi connectivity index (χ4n) is 3.64. The zero-order valence-electron chi connectivity index (χ0n) is 15.0. The molecule has 2 aliphatic heterocycles. The molecule has 0 aliphatic carbocycles. The maximum atomic E-state index is 12.8. The minimum atomic E-state index is -0.473. The number of fused-ring (bicyclic) bond motifs is 6. The molecule has 2 aliphatic rings. The average molecular weight is 352 g/mol. The number of Topliss-reactive ketones (excluding diaryl/α,β-unsaturated/α-hetero) is 1. The largest absolute Gasteiger partial charge is 0.489 e. The van der Waals surface area contributed by atoms with Gasteiger partial charge in [0.1, 0.15) is 29.3 Å². The van der Waals surface area contributed by atoms with E-state index in [1.165, 1.54) is 6.07 Å². The molecule has 4 rings (SSSR count). The summed E-state index contributed by atoms with van der Waals surface area (Å²) in [5, 5.41) is 0.686. The number of hydrogen-bond acceptors (Lipinski definition) is 5. The topological polar surface area (TPSA) is 65.7 Å². The lowest BCUT2D eigenvalue weighted by atomic mass is 9.91. The normalized spacial score (nSPS) is 21.4. The van der Waals surface area contributed by atoms with Gasteiger partial charge in [0.05, 0.1) is 10.9 Å². The summed E-state index contributed by atoms with van der Waals surface area (Å²) >= 11 is 0. The van der Waals surface area contributed by atoms with Crippen molar-refractivity contribution >= 4 is 22.8 Å². The molecule has 0 spiro atoms. The lowest BCUT2D eigenvalue weighted by molar-refractivity contribution is 0.0870. The molecule has 0 radical (unpaired) electrons. The van der Waals surface area contributed by atoms with Crippen LogP contribution in [-0.2, 0) is 6.42 Å². The highest BCUT2D eigenvalue weighted by Crippen LogP contribution is 2.47. The molecule has 0 fully saturated rings. The lowest BCUT2D eigenvalue weighted by Crippen LogP contribution is -2.26. The van der Waals surface area contributed by atoms with E-state index in [0.717, 1.165) is 11.1 Å². The molecule has 2 unspecified atom stereocenters. The van der Waals surface area contributed by atoms with Crippen molar-refractivity contribution < 1.29 is 18.7 Å². The van der Waals surface area contributed by atoms with Crippen molar-refractivity contribution in [3.63, 3.8) is 0 Å². The van der Waals surface area contributed by atoms with Gasteiger partial charge in [0.15, 0.2) is 11.4 Å². The molecular formula is C21H20O5. The van der Waals surface area contributed by atoms with Gasteiger partial charge in [-0.2, -0.15) is 0 Å². The molecule has 2 atom stereocenters. The third-order valence-electron chi connectivity index (χ3n) is 4.75. The van der Waals surface area contributed by atoms with Crippen LogP contribution >= 0.6 is 0 Å². The second-order valence-corrected chi connectivity index (χ2v) is 6.62. The van der Waals surface area contributed by atoms with E-state index in [-0.39, 0.29) is 30.0 Å². The van der Waals surface area contributed by atoms with Crippen LogP contribution in [0.1, 0.15) is 48.7 Å². The maximum Gasteiger partial charge on any atom is 0.336 e. The summed E-state index contributed by atoms with van der Waals surface area (Å²) in [5.41, 5.74) is 1.68. The van der Waals surface area contributed by atoms with Crippen molar-refractivity contribution in [1.82, 2.24) is 0 Å². The number of carbonyl (C=O) groups excluding carboxylic acids is 1. The van der Waals surface area contributed by atoms with Crippen LogP contribution in [-0.4, -0.2) is 18.0 Å². The zero-order valence-corrected chi connectivity index (χ0v) is 15.0. The third kappa shape index (κ3) is 2.46. The fraction of sp³-hybridized carbons (Fsp3) is 0.333. The van der Waals surface area contributed by atoms with Crippen LogP contribution < -0.4 is 15.1 Å². The van der Waals surface area contributed by atoms with Gasteiger partial charge in [-0.05, 0) is 44.1 Å². The van der Waals surface area contributed by atoms with E-state index in [9.17, 15) is 9.59 Å². The first kappa shape index (κ1) is 16.6. The van der Waals surface area contributed by atoms with E-state index < -0.39 is 5.63 Å². The molecule has 2 aromatic rings. The quantitative estimate of drug-likeness (QED) is 0.602. The molecule has 0 amide bonds. The highest BCUT2D eigenvalue weighted by molar-refractivity contribution is 6.13. The molecular weight excluding hydrogens is 332 g/mol. The van der Waals surface area contributed by atoms with Crippen LogP contribution in [0.3, 0.4) is 0 Å². The molecule has 0 saturated heterocycles. The van der Waals surface area contributed by atoms with Crippen molar-refractivity contribution in [3.05, 3.63) is 51.4 Å². The molecule has 0 bridgehead atoms. The lowest BCUT2D eigenvalue weighted by Gasteiger charge is -2.29. The predicted octanol–water partition coefficient (Wildman–Crippen LogP) is 4.06. The molecule has 0 saturated carbocycles. The number of aryl methyl sites for hydroxylation is 1. The van der Waals surface area contributed by atoms with Crippen LogP contribution in [0.2, 0.25) is 0 Å². The van der Waals surface area contributed by atoms with Gasteiger partial charge in [0.25, 0.3) is 0 Å². The standard InChI is InChI=1S/C21H20O5/c1-4-6-13-7-8-14-19(25-13)17-12(5-2)10-16(23)26-21(17)18-15(22)9-11(3)24-20(14)18/h4,6-8,10-11,13H,5,9H2,1-3H3/b6-4+. The number of allylic oxidation sites excluding steroid dienone is 1. The molecule has 0 N–H and O–H groups in total. The van der Waals surface area contributed by atoms with E-state index >= 15 is 0 Å². The predicted molar refractivity (Wildman–Crippen MR) is 99.2 cm³/mol. The second kappa shape index (κ2) is 6.16. The minimum Gasteiger partial charge on any atom is -0.489 e. The minimum absolute atomic E-state index is 0.0769. The summed E-state index contributed by atoms with van der Waals surface area (Å²) in [6.07, 6.45) is 8.13. The van der Waals surface area contributed by atoms with E-state index in [1.807, 2.05) is 45.1 Å². The Balaban J connectivity index is 2.14. The van der Waals surface area contributed by atoms with Crippen molar-refractivity contribution in [3.8, 4) is 11.5 Å². The van der Waals surface area contributed by atoms with Gasteiger partial charge in [0.2, 0.25) is 0 Å². The van der Waals surface area contributed by atoms with Crippen molar-refractivity contribution in [2.75, 3.05) is 0 Å². The van der Waals surface area contributed by atoms with Gasteiger partial charge in [-0.1, -0.05) is 13.0 Å². The van der Waals surface area contributed by atoms with E-state index in [1.54, 1.807) is 0 Å². The monoisotopic (exact) mass is 352 g/mol. The fourth-order valence-corrected chi connectivity index (χ4v) is 3.64. The number of ether oxygens (including phenoxy) is 2. The van der Waals surface area contributed by atoms with Crippen LogP contribution in [0.5, 0.6) is 11.5 Å². The van der Waals surface area contributed by atoms with E-state index in [2.05, 4.69) is 0 Å². The molecule has 5 nitrogen and oxygen atoms in total. The average Bonchev–Trinajstić information content (AvgIpc) is 2.60. The number of carbonyl (C=O) groups is 1. The van der Waals surface area contributed by atoms with Crippen LogP contribution in [0.4, 0.5) is 0 Å². The SMILES string of the molecule is C/C=C/C1C=Cc2c3c(c4oc(=O)cc(CC)c4c2O1)C(=O)CC(C)O3. The van der Waals surface area contributed by atoms with E-state index in [4.69, 9.17) is 13.9 Å². The van der Waals surface area contributed by atoms with Gasteiger partial charge >= 0.3 is 5.63 Å². The summed E-state index contributed by atoms with van der Waals surface area (Å²) in [6, 6.07) is 1.47. The molecule has 26 heavy (non-hydrogen) atoms. The first-order chi connectivity index (χ1) is 12.5. The first-order valence-electron chi connectivity index (χ1n) is 8.87. The summed E-state index contributed by atoms with van der Waals surface area (Å²) in [5.74, 6) is 0.974. The van der Waals surface area contributed by atoms with Crippen LogP contribution in [0.25, 0.3) is 17.0 Å².